The lowest BCUT2D eigenvalue weighted by Gasteiger charge is -2.26. The van der Waals surface area contributed by atoms with E-state index in [-0.39, 0.29) is 11.4 Å². The summed E-state index contributed by atoms with van der Waals surface area (Å²) in [6.45, 7) is 0. The zero-order valence-electron chi connectivity index (χ0n) is 34.6. The number of aliphatic imine (C=N–C) groups is 1. The topological polar surface area (TPSA) is 25.5 Å². The largest absolute Gasteiger partial charge is 0.326 e. The Morgan fingerprint density at radius 1 is 0.375 bits per heavy atom. The van der Waals surface area contributed by atoms with Crippen molar-refractivity contribution in [3.8, 4) is 22.5 Å². The lowest BCUT2D eigenvalue weighted by molar-refractivity contribution is 0.752. The number of nitrogens with zero attached hydrogens (tertiary/aromatic N) is 4. The molecule has 0 fully saturated rings. The van der Waals surface area contributed by atoms with Crippen molar-refractivity contribution in [3.05, 3.63) is 230 Å². The molecule has 0 saturated heterocycles. The van der Waals surface area contributed by atoms with E-state index >= 15 is 0 Å². The highest BCUT2D eigenvalue weighted by Gasteiger charge is 2.45. The number of thioether (sulfide) groups is 1. The number of rotatable bonds is 5. The fraction of sp³-hybridized carbons (Fsp3) is 0.0339. The summed E-state index contributed by atoms with van der Waals surface area (Å²) in [5.41, 5.74) is 12.1. The SMILES string of the molecule is c1ccc(C2=NC3c4c(ccc5cc(-c6ccc7c(c6)c6ccn(-c8ccc9ccccc9c8)c6c6ccn(-c8ccc9ccccc9c8)c76)ccc45)N(c4ccccc4)C3S2)cc1. The summed E-state index contributed by atoms with van der Waals surface area (Å²) in [7, 11) is 0. The highest BCUT2D eigenvalue weighted by molar-refractivity contribution is 8.15. The molecule has 4 nitrogen and oxygen atoms in total. The molecule has 0 radical (unpaired) electrons. The molecule has 5 heteroatoms. The lowest BCUT2D eigenvalue weighted by Crippen LogP contribution is -2.24. The van der Waals surface area contributed by atoms with Crippen molar-refractivity contribution in [2.75, 3.05) is 4.90 Å². The summed E-state index contributed by atoms with van der Waals surface area (Å²) in [6, 6.07) is 75.7. The number of hydrogen-bond acceptors (Lipinski definition) is 3. The van der Waals surface area contributed by atoms with Crippen LogP contribution in [0.3, 0.4) is 0 Å². The summed E-state index contributed by atoms with van der Waals surface area (Å²) in [4.78, 5) is 7.97. The fourth-order valence-corrected chi connectivity index (χ4v) is 12.0. The van der Waals surface area contributed by atoms with E-state index in [0.717, 1.165) is 16.4 Å². The predicted octanol–water partition coefficient (Wildman–Crippen LogP) is 15.6. The number of aromatic nitrogens is 2. The Balaban J connectivity index is 0.952. The van der Waals surface area contributed by atoms with Gasteiger partial charge < -0.3 is 14.0 Å². The van der Waals surface area contributed by atoms with Gasteiger partial charge in [0, 0.05) is 62.4 Å². The van der Waals surface area contributed by atoms with E-state index in [1.54, 1.807) is 0 Å². The molecular weight excluding hydrogens is 797 g/mol. The van der Waals surface area contributed by atoms with Crippen molar-refractivity contribution in [2.24, 2.45) is 4.99 Å². The number of hydrogen-bond donors (Lipinski definition) is 0. The van der Waals surface area contributed by atoms with Crippen LogP contribution in [0.5, 0.6) is 0 Å². The number of para-hydroxylation sites is 1. The van der Waals surface area contributed by atoms with Crippen LogP contribution in [0.1, 0.15) is 17.2 Å². The second kappa shape index (κ2) is 13.8. The monoisotopic (exact) mass is 834 g/mol. The highest BCUT2D eigenvalue weighted by atomic mass is 32.2. The van der Waals surface area contributed by atoms with Gasteiger partial charge in [0.15, 0.2) is 0 Å². The van der Waals surface area contributed by atoms with E-state index in [1.165, 1.54) is 98.5 Å². The lowest BCUT2D eigenvalue weighted by atomic mass is 9.94. The van der Waals surface area contributed by atoms with Crippen LogP contribution in [0.2, 0.25) is 0 Å². The molecule has 10 aromatic carbocycles. The Morgan fingerprint density at radius 2 is 0.938 bits per heavy atom. The molecule has 0 amide bonds. The Labute approximate surface area is 374 Å². The van der Waals surface area contributed by atoms with Gasteiger partial charge >= 0.3 is 0 Å². The molecule has 2 aliphatic rings. The van der Waals surface area contributed by atoms with E-state index in [2.05, 4.69) is 233 Å². The molecule has 2 unspecified atom stereocenters. The van der Waals surface area contributed by atoms with Crippen molar-refractivity contribution in [3.63, 3.8) is 0 Å². The van der Waals surface area contributed by atoms with Crippen LogP contribution in [0.15, 0.2) is 224 Å². The van der Waals surface area contributed by atoms with E-state index in [9.17, 15) is 0 Å². The van der Waals surface area contributed by atoms with Gasteiger partial charge in [-0.05, 0) is 116 Å². The molecular formula is C59H38N4S. The van der Waals surface area contributed by atoms with Crippen molar-refractivity contribution >= 4 is 93.1 Å². The first kappa shape index (κ1) is 35.7. The van der Waals surface area contributed by atoms with Gasteiger partial charge in [-0.1, -0.05) is 151 Å². The molecule has 64 heavy (non-hydrogen) atoms. The molecule has 4 heterocycles. The van der Waals surface area contributed by atoms with E-state index in [0.29, 0.717) is 0 Å². The van der Waals surface area contributed by atoms with Gasteiger partial charge in [0.1, 0.15) is 16.5 Å². The Bertz CT molecular complexity index is 3900. The van der Waals surface area contributed by atoms with Crippen LogP contribution < -0.4 is 4.90 Å². The Morgan fingerprint density at radius 3 is 1.62 bits per heavy atom. The molecule has 12 aromatic rings. The Kier molecular flexibility index (Phi) is 7.71. The van der Waals surface area contributed by atoms with E-state index in [4.69, 9.17) is 4.99 Å². The van der Waals surface area contributed by atoms with Gasteiger partial charge in [-0.15, -0.1) is 0 Å². The average Bonchev–Trinajstić information content (AvgIpc) is 4.17. The summed E-state index contributed by atoms with van der Waals surface area (Å²) in [5.74, 6) is 0. The molecule has 300 valence electrons. The van der Waals surface area contributed by atoms with Gasteiger partial charge in [0.2, 0.25) is 0 Å². The number of anilines is 2. The first-order valence-electron chi connectivity index (χ1n) is 22.0. The minimum absolute atomic E-state index is 0.0202. The van der Waals surface area contributed by atoms with E-state index < -0.39 is 0 Å². The molecule has 2 aliphatic heterocycles. The molecule has 14 rings (SSSR count). The third-order valence-corrected chi connectivity index (χ3v) is 14.9. The zero-order valence-corrected chi connectivity index (χ0v) is 35.5. The highest BCUT2D eigenvalue weighted by Crippen LogP contribution is 2.56. The average molecular weight is 835 g/mol. The van der Waals surface area contributed by atoms with Crippen LogP contribution in [-0.4, -0.2) is 19.6 Å². The normalized spacial score (nSPS) is 15.8. The van der Waals surface area contributed by atoms with Crippen molar-refractivity contribution in [1.29, 1.82) is 0 Å². The first-order valence-corrected chi connectivity index (χ1v) is 22.9. The molecule has 0 N–H and O–H groups in total. The second-order valence-electron chi connectivity index (χ2n) is 17.1. The summed E-state index contributed by atoms with van der Waals surface area (Å²) in [6.07, 6.45) is 4.50. The van der Waals surface area contributed by atoms with Crippen LogP contribution in [0, 0.1) is 0 Å². The first-order chi connectivity index (χ1) is 31.7. The van der Waals surface area contributed by atoms with Gasteiger partial charge in [0.05, 0.1) is 11.0 Å². The van der Waals surface area contributed by atoms with Gasteiger partial charge in [-0.2, -0.15) is 0 Å². The van der Waals surface area contributed by atoms with Crippen LogP contribution in [0.4, 0.5) is 11.4 Å². The van der Waals surface area contributed by atoms with Gasteiger partial charge in [-0.3, -0.25) is 4.99 Å². The van der Waals surface area contributed by atoms with Crippen LogP contribution in [-0.2, 0) is 0 Å². The summed E-state index contributed by atoms with van der Waals surface area (Å²) in [5, 5.41) is 13.6. The molecule has 0 spiro atoms. The van der Waals surface area contributed by atoms with Crippen LogP contribution >= 0.6 is 11.8 Å². The smallest absolute Gasteiger partial charge is 0.113 e. The Hall–Kier alpha value is -7.86. The maximum atomic E-state index is 5.47. The number of benzene rings is 10. The predicted molar refractivity (Wildman–Crippen MR) is 271 cm³/mol. The third kappa shape index (κ3) is 5.34. The summed E-state index contributed by atoms with van der Waals surface area (Å²) < 4.78 is 4.77. The molecule has 2 aromatic heterocycles. The van der Waals surface area contributed by atoms with Crippen molar-refractivity contribution in [2.45, 2.75) is 11.4 Å². The zero-order chi connectivity index (χ0) is 41.9. The molecule has 0 aliphatic carbocycles. The third-order valence-electron chi connectivity index (χ3n) is 13.6. The maximum Gasteiger partial charge on any atom is 0.113 e. The quantitative estimate of drug-likeness (QED) is 0.173. The molecule has 0 saturated carbocycles. The van der Waals surface area contributed by atoms with Crippen molar-refractivity contribution < 1.29 is 0 Å². The molecule has 0 bridgehead atoms. The van der Waals surface area contributed by atoms with Gasteiger partial charge in [0.25, 0.3) is 0 Å². The minimum atomic E-state index is 0.0202. The summed E-state index contributed by atoms with van der Waals surface area (Å²) >= 11 is 1.88. The second-order valence-corrected chi connectivity index (χ2v) is 18.2. The molecule has 2 atom stereocenters. The van der Waals surface area contributed by atoms with Gasteiger partial charge in [-0.25, -0.2) is 0 Å². The van der Waals surface area contributed by atoms with Crippen LogP contribution in [0.25, 0.3) is 87.4 Å². The maximum absolute atomic E-state index is 5.47. The fourth-order valence-electron chi connectivity index (χ4n) is 10.6. The van der Waals surface area contributed by atoms with E-state index in [1.807, 2.05) is 11.8 Å². The number of fused-ring (bicyclic) bond motifs is 13. The van der Waals surface area contributed by atoms with Crippen molar-refractivity contribution in [1.82, 2.24) is 9.13 Å². The standard InChI is InChI=1S/C59H38N4S/c1-3-13-39(14-4-1)58-60-55-54-48-26-21-42(33-44(48)23-28-53(54)63(59(55)64-58)45-17-5-2-6-18-45)43-22-27-49-52(36-43)50-29-31-61(46-24-19-37-11-7-9-15-40(37)34-46)57(50)51-30-32-62(56(49)51)47-25-20-38-12-8-10-16-41(38)35-47/h1-36,55,59H. The minimum Gasteiger partial charge on any atom is -0.326 e.